The van der Waals surface area contributed by atoms with Crippen LogP contribution in [-0.2, 0) is 10.1 Å². The summed E-state index contributed by atoms with van der Waals surface area (Å²) in [7, 11) is -4.41. The number of hydrogen-bond donors (Lipinski definition) is 3. The van der Waals surface area contributed by atoms with Crippen LogP contribution in [0.5, 0.6) is 0 Å². The van der Waals surface area contributed by atoms with Crippen molar-refractivity contribution in [3.63, 3.8) is 0 Å². The summed E-state index contributed by atoms with van der Waals surface area (Å²) < 4.78 is 33.9. The van der Waals surface area contributed by atoms with Gasteiger partial charge in [0.15, 0.2) is 0 Å². The summed E-state index contributed by atoms with van der Waals surface area (Å²) in [5.74, 6) is 0. The van der Waals surface area contributed by atoms with E-state index in [-0.39, 0.29) is 4.90 Å². The number of nitrogens with zero attached hydrogens (tertiary/aromatic N) is 2. The Morgan fingerprint density at radius 2 is 1.24 bits per heavy atom. The van der Waals surface area contributed by atoms with Crippen LogP contribution in [0.15, 0.2) is 71.6 Å². The molecule has 3 N–H and O–H groups in total. The number of H-pyrrole nitrogens is 2. The Morgan fingerprint density at radius 1 is 0.618 bits per heavy atom. The van der Waals surface area contributed by atoms with E-state index in [0.29, 0.717) is 22.3 Å². The second kappa shape index (κ2) is 7.65. The van der Waals surface area contributed by atoms with Gasteiger partial charge in [0.05, 0.1) is 22.8 Å². The minimum Gasteiger partial charge on any atom is -0.355 e. The zero-order valence-corrected chi connectivity index (χ0v) is 18.5. The minimum absolute atomic E-state index is 0.153. The number of aromatic nitrogens is 4. The van der Waals surface area contributed by atoms with Gasteiger partial charge >= 0.3 is 0 Å². The quantitative estimate of drug-likeness (QED) is 0.289. The normalized spacial score (nSPS) is 12.9. The third-order valence-corrected chi connectivity index (χ3v) is 6.54. The molecule has 0 aliphatic carbocycles. The molecule has 0 spiro atoms. The molecule has 0 amide bonds. The van der Waals surface area contributed by atoms with E-state index in [9.17, 15) is 13.0 Å². The number of aromatic amines is 2. The molecule has 4 aromatic rings. The van der Waals surface area contributed by atoms with Gasteiger partial charge in [0, 0.05) is 33.2 Å². The fraction of sp³-hybridized carbons (Fsp3) is 0. The van der Waals surface area contributed by atoms with Gasteiger partial charge in [0.2, 0.25) is 0 Å². The number of benzene rings is 1. The predicted octanol–water partition coefficient (Wildman–Crippen LogP) is 5.57. The van der Waals surface area contributed by atoms with Gasteiger partial charge in [-0.15, -0.1) is 0 Å². The highest BCUT2D eigenvalue weighted by Crippen LogP contribution is 2.32. The molecular formula is C26H18N4O3S. The lowest BCUT2D eigenvalue weighted by molar-refractivity contribution is 0.483. The molecule has 0 fully saturated rings. The second-order valence-electron chi connectivity index (χ2n) is 8.06. The van der Waals surface area contributed by atoms with Crippen molar-refractivity contribution in [2.24, 2.45) is 0 Å². The number of rotatable bonds is 2. The predicted molar refractivity (Wildman–Crippen MR) is 134 cm³/mol. The molecule has 0 unspecified atom stereocenters. The lowest BCUT2D eigenvalue weighted by atomic mass is 10.1. The fourth-order valence-corrected chi connectivity index (χ4v) is 4.86. The molecule has 8 heteroatoms. The van der Waals surface area contributed by atoms with Crippen LogP contribution < -0.4 is 0 Å². The monoisotopic (exact) mass is 466 g/mol. The maximum Gasteiger partial charge on any atom is 0.295 e. The van der Waals surface area contributed by atoms with Crippen molar-refractivity contribution in [2.45, 2.75) is 4.90 Å². The largest absolute Gasteiger partial charge is 0.355 e. The van der Waals surface area contributed by atoms with Crippen LogP contribution in [0.4, 0.5) is 0 Å². The molecule has 0 radical (unpaired) electrons. The molecule has 7 nitrogen and oxygen atoms in total. The van der Waals surface area contributed by atoms with Crippen LogP contribution in [0.2, 0.25) is 0 Å². The Labute approximate surface area is 194 Å². The van der Waals surface area contributed by atoms with Crippen LogP contribution in [0, 0.1) is 0 Å². The number of hydrogen-bond acceptors (Lipinski definition) is 4. The van der Waals surface area contributed by atoms with E-state index in [4.69, 9.17) is 0 Å². The van der Waals surface area contributed by atoms with Gasteiger partial charge in [-0.2, -0.15) is 8.42 Å². The van der Waals surface area contributed by atoms with Crippen molar-refractivity contribution in [1.29, 1.82) is 0 Å². The average molecular weight is 467 g/mol. The van der Waals surface area contributed by atoms with E-state index in [1.165, 1.54) is 6.07 Å². The minimum atomic E-state index is -4.41. The van der Waals surface area contributed by atoms with Crippen molar-refractivity contribution in [2.75, 3.05) is 0 Å². The molecule has 0 saturated carbocycles. The van der Waals surface area contributed by atoms with Crippen molar-refractivity contribution in [3.8, 4) is 11.1 Å². The summed E-state index contributed by atoms with van der Waals surface area (Å²) in [5.41, 5.74) is 7.38. The molecule has 6 rings (SSSR count). The van der Waals surface area contributed by atoms with E-state index >= 15 is 0 Å². The first kappa shape index (κ1) is 20.3. The van der Waals surface area contributed by atoms with E-state index in [2.05, 4.69) is 19.9 Å². The summed E-state index contributed by atoms with van der Waals surface area (Å²) in [4.78, 5) is 15.8. The van der Waals surface area contributed by atoms with Gasteiger partial charge in [-0.05, 0) is 72.8 Å². The van der Waals surface area contributed by atoms with Crippen LogP contribution in [-0.4, -0.2) is 32.9 Å². The third kappa shape index (κ3) is 3.85. The van der Waals surface area contributed by atoms with Crippen LogP contribution in [0.25, 0.3) is 57.5 Å². The molecule has 34 heavy (non-hydrogen) atoms. The summed E-state index contributed by atoms with van der Waals surface area (Å²) in [6, 6.07) is 19.8. The van der Waals surface area contributed by atoms with Gasteiger partial charge in [0.25, 0.3) is 10.1 Å². The van der Waals surface area contributed by atoms with E-state index in [0.717, 1.165) is 33.6 Å². The van der Waals surface area contributed by atoms with Gasteiger partial charge in [-0.1, -0.05) is 18.2 Å². The van der Waals surface area contributed by atoms with Crippen molar-refractivity contribution in [3.05, 3.63) is 89.5 Å². The molecule has 3 aromatic heterocycles. The summed E-state index contributed by atoms with van der Waals surface area (Å²) in [6.07, 6.45) is 7.69. The van der Waals surface area contributed by atoms with Gasteiger partial charge in [-0.3, -0.25) is 4.55 Å². The molecule has 1 aromatic carbocycles. The standard InChI is InChI=1S/C26H18N4O3S/c31-34(32,33)26-4-2-1-3-23(26)24-14-22-13-20-8-7-18(28-20)11-16-5-6-17(27-16)12-19-9-10-21(29-19)15-25(24)30-22/h1-15,28,30H,(H,31,32,33). The van der Waals surface area contributed by atoms with Gasteiger partial charge in [0.1, 0.15) is 4.90 Å². The molecular weight excluding hydrogens is 448 g/mol. The number of fused-ring (bicyclic) bond motifs is 8. The lowest BCUT2D eigenvalue weighted by Crippen LogP contribution is -2.00. The van der Waals surface area contributed by atoms with E-state index in [1.807, 2.05) is 66.8 Å². The Balaban J connectivity index is 1.70. The van der Waals surface area contributed by atoms with Crippen LogP contribution in [0.3, 0.4) is 0 Å². The lowest BCUT2D eigenvalue weighted by Gasteiger charge is -2.05. The molecule has 2 aliphatic heterocycles. The molecule has 5 heterocycles. The Hall–Kier alpha value is -4.27. The zero-order valence-electron chi connectivity index (χ0n) is 17.7. The summed E-state index contributed by atoms with van der Waals surface area (Å²) >= 11 is 0. The zero-order chi connectivity index (χ0) is 23.3. The Bertz CT molecular complexity index is 1790. The van der Waals surface area contributed by atoms with Gasteiger partial charge in [-0.25, -0.2) is 9.97 Å². The first-order valence-electron chi connectivity index (χ1n) is 10.6. The van der Waals surface area contributed by atoms with Crippen molar-refractivity contribution in [1.82, 2.24) is 19.9 Å². The molecule has 2 aliphatic rings. The van der Waals surface area contributed by atoms with Crippen LogP contribution in [0.1, 0.15) is 22.8 Å². The first-order valence-corrected chi connectivity index (χ1v) is 12.0. The van der Waals surface area contributed by atoms with Gasteiger partial charge < -0.3 is 9.97 Å². The molecule has 0 atom stereocenters. The highest BCUT2D eigenvalue weighted by molar-refractivity contribution is 7.86. The molecule has 8 bridgehead atoms. The molecule has 0 saturated heterocycles. The van der Waals surface area contributed by atoms with Crippen molar-refractivity contribution >= 4 is 56.5 Å². The van der Waals surface area contributed by atoms with Crippen molar-refractivity contribution < 1.29 is 13.0 Å². The summed E-state index contributed by atoms with van der Waals surface area (Å²) in [6.45, 7) is 0. The smallest absolute Gasteiger partial charge is 0.295 e. The van der Waals surface area contributed by atoms with Crippen LogP contribution >= 0.6 is 0 Å². The summed E-state index contributed by atoms with van der Waals surface area (Å²) in [5, 5.41) is 0. The molecule has 166 valence electrons. The second-order valence-corrected chi connectivity index (χ2v) is 9.45. The highest BCUT2D eigenvalue weighted by Gasteiger charge is 2.18. The highest BCUT2D eigenvalue weighted by atomic mass is 32.2. The number of nitrogens with one attached hydrogen (secondary N) is 2. The van der Waals surface area contributed by atoms with E-state index in [1.54, 1.807) is 18.2 Å². The van der Waals surface area contributed by atoms with E-state index < -0.39 is 10.1 Å². The third-order valence-electron chi connectivity index (χ3n) is 5.62. The topological polar surface area (TPSA) is 112 Å². The first-order chi connectivity index (χ1) is 16.4. The average Bonchev–Trinajstić information content (AvgIpc) is 3.58. The maximum absolute atomic E-state index is 12.1. The SMILES string of the molecule is O=S(=O)(O)c1ccccc1-c1cc2cc3ccc(cc4nc(cc5nc(cc1[nH]2)C=C5)C=C4)[nH]3. The Morgan fingerprint density at radius 3 is 1.94 bits per heavy atom. The Kier molecular flexibility index (Phi) is 4.58. The maximum atomic E-state index is 12.1. The fourth-order valence-electron chi connectivity index (χ4n) is 4.16.